The second kappa shape index (κ2) is 7.74. The van der Waals surface area contributed by atoms with Crippen molar-refractivity contribution in [2.24, 2.45) is 11.8 Å². The first-order valence-electron chi connectivity index (χ1n) is 9.72. The highest BCUT2D eigenvalue weighted by Crippen LogP contribution is 2.43. The lowest BCUT2D eigenvalue weighted by Crippen LogP contribution is -2.18. The Labute approximate surface area is 172 Å². The first-order valence-corrected chi connectivity index (χ1v) is 9.72. The summed E-state index contributed by atoms with van der Waals surface area (Å²) in [6.45, 7) is 2.54. The van der Waals surface area contributed by atoms with Gasteiger partial charge in [-0.1, -0.05) is 24.3 Å². The first-order chi connectivity index (χ1) is 14.5. The molecule has 1 saturated carbocycles. The Morgan fingerprint density at radius 3 is 2.57 bits per heavy atom. The van der Waals surface area contributed by atoms with E-state index in [2.05, 4.69) is 4.98 Å². The number of rotatable bonds is 7. The predicted molar refractivity (Wildman–Crippen MR) is 111 cm³/mol. The zero-order valence-electron chi connectivity index (χ0n) is 16.6. The van der Waals surface area contributed by atoms with E-state index in [0.717, 1.165) is 11.1 Å². The molecule has 6 nitrogen and oxygen atoms in total. The van der Waals surface area contributed by atoms with Crippen molar-refractivity contribution in [3.05, 3.63) is 60.2 Å². The van der Waals surface area contributed by atoms with E-state index in [0.29, 0.717) is 29.8 Å². The average Bonchev–Trinajstić information content (AvgIpc) is 3.57. The highest BCUT2D eigenvalue weighted by Gasteiger charge is 2.49. The van der Waals surface area contributed by atoms with Crippen LogP contribution in [0.3, 0.4) is 0 Å². The molecular weight excluding hydrogens is 387 g/mol. The minimum atomic E-state index is -0.968. The number of carboxylic acids is 1. The monoisotopic (exact) mass is 408 g/mol. The van der Waals surface area contributed by atoms with Gasteiger partial charge in [0.05, 0.1) is 24.9 Å². The number of ketones is 1. The Balaban J connectivity index is 1.73. The van der Waals surface area contributed by atoms with Crippen molar-refractivity contribution in [3.63, 3.8) is 0 Å². The normalized spacial score (nSPS) is 17.6. The van der Waals surface area contributed by atoms with Gasteiger partial charge < -0.3 is 14.7 Å². The number of Topliss-reactive ketones (excluding diaryl/α,β-unsaturated/α-hetero) is 1. The lowest BCUT2D eigenvalue weighted by Gasteiger charge is -2.25. The fourth-order valence-electron chi connectivity index (χ4n) is 3.83. The molecule has 0 saturated heterocycles. The van der Waals surface area contributed by atoms with E-state index in [9.17, 15) is 14.0 Å². The minimum absolute atomic E-state index is 0.134. The largest absolute Gasteiger partial charge is 0.494 e. The van der Waals surface area contributed by atoms with Crippen molar-refractivity contribution in [1.29, 1.82) is 0 Å². The number of ether oxygens (including phenoxy) is 1. The second-order valence-corrected chi connectivity index (χ2v) is 7.25. The molecule has 0 radical (unpaired) electrons. The van der Waals surface area contributed by atoms with Gasteiger partial charge in [-0.3, -0.25) is 9.59 Å². The molecule has 154 valence electrons. The molecule has 4 rings (SSSR count). The number of methoxy groups -OCH3 is 1. The Morgan fingerprint density at radius 1 is 1.20 bits per heavy atom. The van der Waals surface area contributed by atoms with Gasteiger partial charge >= 0.3 is 5.97 Å². The highest BCUT2D eigenvalue weighted by molar-refractivity contribution is 6.03. The Kier molecular flexibility index (Phi) is 5.11. The Bertz CT molecular complexity index is 1150. The molecule has 1 aliphatic rings. The van der Waals surface area contributed by atoms with E-state index in [1.54, 1.807) is 30.5 Å². The van der Waals surface area contributed by atoms with E-state index in [1.165, 1.54) is 13.2 Å². The fraction of sp³-hybridized carbons (Fsp3) is 0.261. The summed E-state index contributed by atoms with van der Waals surface area (Å²) in [5.41, 5.74) is 1.63. The second-order valence-electron chi connectivity index (χ2n) is 7.25. The molecule has 2 aromatic carbocycles. The van der Waals surface area contributed by atoms with Crippen molar-refractivity contribution in [1.82, 2.24) is 4.98 Å². The van der Waals surface area contributed by atoms with Crippen LogP contribution in [0.15, 0.2) is 48.7 Å². The number of aromatic nitrogens is 1. The molecule has 0 aliphatic heterocycles. The molecule has 30 heavy (non-hydrogen) atoms. The van der Waals surface area contributed by atoms with Crippen molar-refractivity contribution in [3.8, 4) is 5.75 Å². The van der Waals surface area contributed by atoms with E-state index in [4.69, 9.17) is 9.84 Å². The summed E-state index contributed by atoms with van der Waals surface area (Å²) in [6, 6.07) is 12.1. The summed E-state index contributed by atoms with van der Waals surface area (Å²) in [7, 11) is 1.45. The summed E-state index contributed by atoms with van der Waals surface area (Å²) in [6.07, 6.45) is 1.89. The number of pyridine rings is 1. The maximum Gasteiger partial charge on any atom is 0.307 e. The van der Waals surface area contributed by atoms with E-state index < -0.39 is 17.8 Å². The number of hydrogen-bond donors (Lipinski definition) is 1. The number of carboxylic acid groups (broad SMARTS) is 1. The van der Waals surface area contributed by atoms with Gasteiger partial charge in [-0.05, 0) is 25.5 Å². The summed E-state index contributed by atoms with van der Waals surface area (Å²) in [5, 5.41) is 10.4. The predicted octanol–water partition coefficient (Wildman–Crippen LogP) is 4.44. The third kappa shape index (κ3) is 3.36. The quantitative estimate of drug-likeness (QED) is 0.582. The molecular formula is C23H21FN2O4. The first kappa shape index (κ1) is 19.8. The van der Waals surface area contributed by atoms with Crippen LogP contribution in [-0.4, -0.2) is 35.5 Å². The third-order valence-corrected chi connectivity index (χ3v) is 5.50. The van der Waals surface area contributed by atoms with Crippen LogP contribution in [0, 0.1) is 17.7 Å². The Morgan fingerprint density at radius 2 is 1.93 bits per heavy atom. The van der Waals surface area contributed by atoms with Gasteiger partial charge in [-0.25, -0.2) is 9.37 Å². The lowest BCUT2D eigenvalue weighted by molar-refractivity contribution is -0.138. The lowest BCUT2D eigenvalue weighted by atomic mass is 10.1. The van der Waals surface area contributed by atoms with Gasteiger partial charge in [0.1, 0.15) is 17.3 Å². The molecule has 0 amide bonds. The van der Waals surface area contributed by atoms with Crippen LogP contribution in [0.2, 0.25) is 0 Å². The van der Waals surface area contributed by atoms with Gasteiger partial charge in [0, 0.05) is 35.0 Å². The minimum Gasteiger partial charge on any atom is -0.494 e. The van der Waals surface area contributed by atoms with Crippen LogP contribution in [0.5, 0.6) is 5.75 Å². The molecule has 3 aromatic rings. The van der Waals surface area contributed by atoms with Crippen LogP contribution in [0.1, 0.15) is 23.8 Å². The molecule has 1 heterocycles. The summed E-state index contributed by atoms with van der Waals surface area (Å²) in [5.74, 6) is -2.50. The zero-order chi connectivity index (χ0) is 21.4. The van der Waals surface area contributed by atoms with Crippen molar-refractivity contribution in [2.75, 3.05) is 18.6 Å². The van der Waals surface area contributed by atoms with Gasteiger partial charge in [0.15, 0.2) is 5.78 Å². The third-order valence-electron chi connectivity index (χ3n) is 5.50. The molecule has 1 fully saturated rings. The van der Waals surface area contributed by atoms with Crippen molar-refractivity contribution in [2.45, 2.75) is 13.3 Å². The van der Waals surface area contributed by atoms with Crippen LogP contribution in [0.4, 0.5) is 15.8 Å². The summed E-state index contributed by atoms with van der Waals surface area (Å²) < 4.78 is 19.6. The highest BCUT2D eigenvalue weighted by atomic mass is 19.1. The summed E-state index contributed by atoms with van der Waals surface area (Å²) >= 11 is 0. The molecule has 1 N–H and O–H groups in total. The maximum atomic E-state index is 14.2. The number of anilines is 2. The number of halogens is 1. The molecule has 2 atom stereocenters. The van der Waals surface area contributed by atoms with Gasteiger partial charge in [-0.2, -0.15) is 0 Å². The van der Waals surface area contributed by atoms with E-state index >= 15 is 0 Å². The molecule has 1 aliphatic carbocycles. The van der Waals surface area contributed by atoms with Crippen LogP contribution in [-0.2, 0) is 4.79 Å². The van der Waals surface area contributed by atoms with E-state index in [1.807, 2.05) is 24.0 Å². The Hall–Kier alpha value is -3.48. The van der Waals surface area contributed by atoms with Crippen molar-refractivity contribution < 1.29 is 23.8 Å². The van der Waals surface area contributed by atoms with Crippen LogP contribution < -0.4 is 9.64 Å². The van der Waals surface area contributed by atoms with Crippen LogP contribution >= 0.6 is 0 Å². The number of hydrogen-bond acceptors (Lipinski definition) is 5. The molecule has 0 bridgehead atoms. The van der Waals surface area contributed by atoms with Crippen molar-refractivity contribution >= 4 is 33.9 Å². The standard InChI is InChI=1S/C23H21FN2O4/c1-3-26(19-9-8-18(24)14-6-4-5-7-15(14)19)13-10-20(30-2)21(25-12-13)22(27)16-11-17(16)23(28)29/h4-10,12,16-17H,3,11H2,1-2H3,(H,28,29)/t16-,17-/m0/s1. The zero-order valence-corrected chi connectivity index (χ0v) is 16.6. The number of carbonyl (C=O) groups is 2. The smallest absolute Gasteiger partial charge is 0.307 e. The fourth-order valence-corrected chi connectivity index (χ4v) is 3.83. The van der Waals surface area contributed by atoms with E-state index in [-0.39, 0.29) is 17.3 Å². The molecule has 1 aromatic heterocycles. The average molecular weight is 408 g/mol. The number of aliphatic carboxylic acids is 1. The summed E-state index contributed by atoms with van der Waals surface area (Å²) in [4.78, 5) is 30.0. The number of nitrogens with zero attached hydrogens (tertiary/aromatic N) is 2. The number of benzene rings is 2. The van der Waals surface area contributed by atoms with Gasteiger partial charge in [0.2, 0.25) is 0 Å². The number of fused-ring (bicyclic) bond motifs is 1. The SMILES string of the molecule is CCN(c1cnc(C(=O)[C@H]2C[C@@H]2C(=O)O)c(OC)c1)c1ccc(F)c2ccccc12. The maximum absolute atomic E-state index is 14.2. The van der Waals surface area contributed by atoms with Gasteiger partial charge in [-0.15, -0.1) is 0 Å². The molecule has 0 spiro atoms. The molecule has 0 unspecified atom stereocenters. The molecule has 7 heteroatoms. The number of carbonyl (C=O) groups excluding carboxylic acids is 1. The van der Waals surface area contributed by atoms with Crippen LogP contribution in [0.25, 0.3) is 10.8 Å². The topological polar surface area (TPSA) is 79.7 Å². The van der Waals surface area contributed by atoms with Gasteiger partial charge in [0.25, 0.3) is 0 Å².